The zero-order chi connectivity index (χ0) is 28.9. The van der Waals surface area contributed by atoms with Crippen LogP contribution < -0.4 is 15.5 Å². The van der Waals surface area contributed by atoms with Crippen LogP contribution in [-0.4, -0.2) is 88.3 Å². The Kier molecular flexibility index (Phi) is 9.27. The van der Waals surface area contributed by atoms with Crippen molar-refractivity contribution in [2.24, 2.45) is 0 Å². The molecule has 3 amide bonds. The monoisotopic (exact) mass is 564 g/mol. The third-order valence-electron chi connectivity index (χ3n) is 7.00. The molecule has 0 unspecified atom stereocenters. The number of hydrogen-bond acceptors (Lipinski definition) is 9. The molecule has 0 atom stereocenters. The second kappa shape index (κ2) is 12.7. The maximum atomic E-state index is 13.4. The van der Waals surface area contributed by atoms with Crippen LogP contribution >= 0.6 is 11.8 Å². The maximum absolute atomic E-state index is 13.4. The average molecular weight is 565 g/mol. The fraction of sp³-hybridized carbons (Fsp3) is 0.500. The fourth-order valence-electron chi connectivity index (χ4n) is 4.87. The molecule has 2 aromatic rings. The molecule has 1 fully saturated rings. The number of pyridine rings is 2. The Balaban J connectivity index is 1.52. The summed E-state index contributed by atoms with van der Waals surface area (Å²) in [5.41, 5.74) is 2.75. The number of nitrogens with one attached hydrogen (secondary N) is 2. The lowest BCUT2D eigenvalue weighted by atomic mass is 10.0. The summed E-state index contributed by atoms with van der Waals surface area (Å²) in [7, 11) is 1.91. The van der Waals surface area contributed by atoms with Gasteiger partial charge in [0.2, 0.25) is 5.91 Å². The van der Waals surface area contributed by atoms with Gasteiger partial charge in [0.25, 0.3) is 0 Å². The molecule has 0 bridgehead atoms. The van der Waals surface area contributed by atoms with E-state index in [1.807, 2.05) is 29.8 Å². The second-order valence-corrected chi connectivity index (χ2v) is 12.6. The number of aldehydes is 1. The van der Waals surface area contributed by atoms with Crippen molar-refractivity contribution in [1.29, 1.82) is 5.26 Å². The molecule has 12 heteroatoms. The highest BCUT2D eigenvalue weighted by Crippen LogP contribution is 2.29. The maximum Gasteiger partial charge on any atom is 0.328 e. The first-order valence-corrected chi connectivity index (χ1v) is 14.4. The van der Waals surface area contributed by atoms with Crippen molar-refractivity contribution in [2.45, 2.75) is 44.9 Å². The van der Waals surface area contributed by atoms with E-state index in [2.05, 4.69) is 47.4 Å². The number of fused-ring (bicyclic) bond motifs is 1. The molecule has 2 aliphatic rings. The van der Waals surface area contributed by atoms with Crippen LogP contribution in [0.3, 0.4) is 0 Å². The van der Waals surface area contributed by atoms with Gasteiger partial charge in [-0.1, -0.05) is 6.92 Å². The van der Waals surface area contributed by atoms with Crippen molar-refractivity contribution < 1.29 is 14.4 Å². The van der Waals surface area contributed by atoms with E-state index in [1.165, 1.54) is 11.1 Å². The van der Waals surface area contributed by atoms with Gasteiger partial charge < -0.3 is 10.2 Å². The minimum atomic E-state index is -0.419. The van der Waals surface area contributed by atoms with E-state index in [4.69, 9.17) is 0 Å². The summed E-state index contributed by atoms with van der Waals surface area (Å²) in [5, 5.41) is 15.7. The van der Waals surface area contributed by atoms with Gasteiger partial charge in [-0.2, -0.15) is 17.0 Å². The predicted octanol–water partition coefficient (Wildman–Crippen LogP) is 3.36. The molecular weight excluding hydrogens is 528 g/mol. The average Bonchev–Trinajstić information content (AvgIpc) is 2.92. The number of hydrogen-bond donors (Lipinski definition) is 2. The molecule has 2 aliphatic heterocycles. The van der Waals surface area contributed by atoms with E-state index in [0.717, 1.165) is 24.3 Å². The molecule has 0 aromatic carbocycles. The highest BCUT2D eigenvalue weighted by molar-refractivity contribution is 8.00. The number of aryl methyl sites for hydroxylation is 1. The van der Waals surface area contributed by atoms with Crippen molar-refractivity contribution in [1.82, 2.24) is 19.8 Å². The summed E-state index contributed by atoms with van der Waals surface area (Å²) < 4.78 is -0.0376. The van der Waals surface area contributed by atoms with Gasteiger partial charge in [-0.15, -0.1) is 0 Å². The summed E-state index contributed by atoms with van der Waals surface area (Å²) in [6, 6.07) is 5.29. The minimum Gasteiger partial charge on any atom is -0.382 e. The van der Waals surface area contributed by atoms with E-state index in [9.17, 15) is 19.6 Å². The van der Waals surface area contributed by atoms with Gasteiger partial charge in [-0.05, 0) is 51.1 Å². The van der Waals surface area contributed by atoms with Crippen LogP contribution in [-0.2, 0) is 17.8 Å². The van der Waals surface area contributed by atoms with Gasteiger partial charge in [0.05, 0.1) is 17.8 Å². The smallest absolute Gasteiger partial charge is 0.328 e. The van der Waals surface area contributed by atoms with Crippen LogP contribution in [0.2, 0.25) is 0 Å². The van der Waals surface area contributed by atoms with Gasteiger partial charge >= 0.3 is 6.03 Å². The minimum absolute atomic E-state index is 0.0146. The standard InChI is InChI=1S/C28H36N8O3S/c1-5-40-28(2,3)18-31-22-12-24(30-14-21(22)13-29)33-27(39)36-8-6-7-19-11-20(23(17-37)32-26(19)36)15-35-10-9-34(4)16-25(35)38/h11-12,14,17H,5-10,15-16,18H2,1-4H3,(H2,30,31,33,39). The molecule has 0 aliphatic carbocycles. The first-order chi connectivity index (χ1) is 19.1. The topological polar surface area (TPSA) is 135 Å². The molecule has 0 saturated carbocycles. The SMILES string of the molecule is CCSC(C)(C)CNc1cc(NC(=O)N2CCCc3cc(CN4CCN(C)CC4=O)c(C=O)nc32)ncc1C#N. The van der Waals surface area contributed by atoms with Crippen molar-refractivity contribution in [3.05, 3.63) is 40.7 Å². The first kappa shape index (κ1) is 29.3. The molecule has 0 spiro atoms. The summed E-state index contributed by atoms with van der Waals surface area (Å²) >= 11 is 1.82. The first-order valence-electron chi connectivity index (χ1n) is 13.4. The molecule has 1 saturated heterocycles. The number of nitrogens with zero attached hydrogens (tertiary/aromatic N) is 6. The Hall–Kier alpha value is -3.69. The van der Waals surface area contributed by atoms with E-state index in [-0.39, 0.29) is 16.3 Å². The zero-order valence-corrected chi connectivity index (χ0v) is 24.3. The van der Waals surface area contributed by atoms with Crippen LogP contribution in [0.1, 0.15) is 54.4 Å². The number of carbonyl (C=O) groups excluding carboxylic acids is 3. The molecule has 4 heterocycles. The number of anilines is 3. The molecule has 40 heavy (non-hydrogen) atoms. The summed E-state index contributed by atoms with van der Waals surface area (Å²) in [6.45, 7) is 9.45. The number of piperazine rings is 1. The lowest BCUT2D eigenvalue weighted by Crippen LogP contribution is -2.48. The van der Waals surface area contributed by atoms with Crippen molar-refractivity contribution in [2.75, 3.05) is 61.1 Å². The molecular formula is C28H36N8O3S. The van der Waals surface area contributed by atoms with Gasteiger partial charge in [-0.3, -0.25) is 24.7 Å². The Morgan fingerprint density at radius 2 is 2.08 bits per heavy atom. The Labute approximate surface area is 239 Å². The van der Waals surface area contributed by atoms with Gasteiger partial charge in [0, 0.05) is 55.3 Å². The molecule has 2 N–H and O–H groups in total. The number of urea groups is 1. The number of thioether (sulfide) groups is 1. The van der Waals surface area contributed by atoms with Crippen LogP contribution in [0.4, 0.5) is 22.1 Å². The van der Waals surface area contributed by atoms with Gasteiger partial charge in [0.15, 0.2) is 6.29 Å². The molecule has 4 rings (SSSR count). The van der Waals surface area contributed by atoms with Crippen molar-refractivity contribution in [3.63, 3.8) is 0 Å². The summed E-state index contributed by atoms with van der Waals surface area (Å²) in [4.78, 5) is 51.9. The zero-order valence-electron chi connectivity index (χ0n) is 23.5. The van der Waals surface area contributed by atoms with Crippen LogP contribution in [0.15, 0.2) is 18.3 Å². The molecule has 2 aromatic heterocycles. The predicted molar refractivity (Wildman–Crippen MR) is 157 cm³/mol. The Morgan fingerprint density at radius 3 is 2.77 bits per heavy atom. The number of nitriles is 1. The van der Waals surface area contributed by atoms with E-state index < -0.39 is 6.03 Å². The highest BCUT2D eigenvalue weighted by atomic mass is 32.2. The lowest BCUT2D eigenvalue weighted by Gasteiger charge is -2.33. The number of carbonyl (C=O) groups is 3. The van der Waals surface area contributed by atoms with Crippen LogP contribution in [0, 0.1) is 11.3 Å². The Morgan fingerprint density at radius 1 is 1.27 bits per heavy atom. The van der Waals surface area contributed by atoms with E-state index >= 15 is 0 Å². The quantitative estimate of drug-likeness (QED) is 0.440. The largest absolute Gasteiger partial charge is 0.382 e. The second-order valence-electron chi connectivity index (χ2n) is 10.6. The number of rotatable bonds is 9. The third-order valence-corrected chi connectivity index (χ3v) is 8.22. The molecule has 0 radical (unpaired) electrons. The normalized spacial score (nSPS) is 15.8. The lowest BCUT2D eigenvalue weighted by molar-refractivity contribution is -0.136. The van der Waals surface area contributed by atoms with E-state index in [0.29, 0.717) is 73.9 Å². The Bertz CT molecular complexity index is 1330. The van der Waals surface area contributed by atoms with Gasteiger partial charge in [-0.25, -0.2) is 14.8 Å². The van der Waals surface area contributed by atoms with Crippen molar-refractivity contribution >= 4 is 47.3 Å². The molecule has 11 nitrogen and oxygen atoms in total. The van der Waals surface area contributed by atoms with E-state index in [1.54, 1.807) is 11.0 Å². The third kappa shape index (κ3) is 6.89. The highest BCUT2D eigenvalue weighted by Gasteiger charge is 2.28. The number of aromatic nitrogens is 2. The molecule has 212 valence electrons. The number of likely N-dealkylation sites (N-methyl/N-ethyl adjacent to an activating group) is 1. The van der Waals surface area contributed by atoms with Crippen molar-refractivity contribution in [3.8, 4) is 6.07 Å². The number of amides is 3. The summed E-state index contributed by atoms with van der Waals surface area (Å²) in [6.07, 6.45) is 3.56. The van der Waals surface area contributed by atoms with Gasteiger partial charge in [0.1, 0.15) is 23.4 Å². The van der Waals surface area contributed by atoms with Crippen LogP contribution in [0.5, 0.6) is 0 Å². The summed E-state index contributed by atoms with van der Waals surface area (Å²) in [5.74, 6) is 1.73. The fourth-order valence-corrected chi connectivity index (χ4v) is 5.82. The van der Waals surface area contributed by atoms with Crippen LogP contribution in [0.25, 0.3) is 0 Å².